The van der Waals surface area contributed by atoms with Gasteiger partial charge in [-0.2, -0.15) is 0 Å². The highest BCUT2D eigenvalue weighted by atomic mass is 32.1. The van der Waals surface area contributed by atoms with Gasteiger partial charge in [-0.25, -0.2) is 4.98 Å². The van der Waals surface area contributed by atoms with E-state index in [1.54, 1.807) is 11.3 Å². The molecule has 2 heterocycles. The van der Waals surface area contributed by atoms with Crippen molar-refractivity contribution in [1.29, 1.82) is 0 Å². The van der Waals surface area contributed by atoms with Gasteiger partial charge in [0.1, 0.15) is 0 Å². The van der Waals surface area contributed by atoms with Crippen molar-refractivity contribution in [3.05, 3.63) is 16.1 Å². The zero-order chi connectivity index (χ0) is 12.3. The monoisotopic (exact) mass is 254 g/mol. The van der Waals surface area contributed by atoms with Crippen molar-refractivity contribution in [2.75, 3.05) is 19.8 Å². The maximum Gasteiger partial charge on any atom is 0.0934 e. The standard InChI is InChI=1S/C13H22N2OS/c1-13(2,9-14)7-12-15-11(8-17-12)10-3-5-16-6-4-10/h8,10H,3-7,9,14H2,1-2H3. The lowest BCUT2D eigenvalue weighted by Crippen LogP contribution is -2.25. The van der Waals surface area contributed by atoms with Crippen LogP contribution in [0.1, 0.15) is 43.3 Å². The predicted octanol–water partition coefficient (Wildman–Crippen LogP) is 2.56. The molecular weight excluding hydrogens is 232 g/mol. The van der Waals surface area contributed by atoms with Crippen LogP contribution in [0.4, 0.5) is 0 Å². The van der Waals surface area contributed by atoms with Crippen molar-refractivity contribution in [3.63, 3.8) is 0 Å². The molecule has 0 bridgehead atoms. The van der Waals surface area contributed by atoms with E-state index in [4.69, 9.17) is 15.5 Å². The van der Waals surface area contributed by atoms with E-state index >= 15 is 0 Å². The van der Waals surface area contributed by atoms with Crippen molar-refractivity contribution in [1.82, 2.24) is 4.98 Å². The van der Waals surface area contributed by atoms with E-state index in [0.29, 0.717) is 12.5 Å². The number of thiazole rings is 1. The summed E-state index contributed by atoms with van der Waals surface area (Å²) < 4.78 is 5.39. The second kappa shape index (κ2) is 5.46. The maximum absolute atomic E-state index is 5.76. The van der Waals surface area contributed by atoms with E-state index < -0.39 is 0 Å². The third-order valence-corrected chi connectivity index (χ3v) is 4.26. The van der Waals surface area contributed by atoms with Crippen LogP contribution in [-0.2, 0) is 11.2 Å². The van der Waals surface area contributed by atoms with Crippen LogP contribution in [0.3, 0.4) is 0 Å². The van der Waals surface area contributed by atoms with Crippen LogP contribution in [0.5, 0.6) is 0 Å². The quantitative estimate of drug-likeness (QED) is 0.898. The number of nitrogens with zero attached hydrogens (tertiary/aromatic N) is 1. The number of nitrogens with two attached hydrogens (primary N) is 1. The first-order chi connectivity index (χ1) is 8.11. The van der Waals surface area contributed by atoms with Gasteiger partial charge in [0.2, 0.25) is 0 Å². The van der Waals surface area contributed by atoms with Crippen LogP contribution >= 0.6 is 11.3 Å². The largest absolute Gasteiger partial charge is 0.381 e. The Morgan fingerprint density at radius 1 is 1.47 bits per heavy atom. The second-order valence-corrected chi connectivity index (χ2v) is 6.54. The summed E-state index contributed by atoms with van der Waals surface area (Å²) in [5, 5.41) is 3.44. The van der Waals surface area contributed by atoms with Crippen LogP contribution < -0.4 is 5.73 Å². The first-order valence-corrected chi connectivity index (χ1v) is 7.21. The van der Waals surface area contributed by atoms with Gasteiger partial charge in [0, 0.05) is 30.9 Å². The van der Waals surface area contributed by atoms with Gasteiger partial charge in [-0.1, -0.05) is 13.8 Å². The van der Waals surface area contributed by atoms with Gasteiger partial charge >= 0.3 is 0 Å². The summed E-state index contributed by atoms with van der Waals surface area (Å²) in [5.41, 5.74) is 7.19. The predicted molar refractivity (Wildman–Crippen MR) is 71.4 cm³/mol. The highest BCUT2D eigenvalue weighted by Gasteiger charge is 2.22. The second-order valence-electron chi connectivity index (χ2n) is 5.60. The van der Waals surface area contributed by atoms with Gasteiger partial charge in [-0.05, 0) is 24.8 Å². The summed E-state index contributed by atoms with van der Waals surface area (Å²) >= 11 is 1.78. The van der Waals surface area contributed by atoms with Crippen molar-refractivity contribution in [3.8, 4) is 0 Å². The summed E-state index contributed by atoms with van der Waals surface area (Å²) in [7, 11) is 0. The fourth-order valence-corrected chi connectivity index (χ4v) is 3.20. The van der Waals surface area contributed by atoms with Crippen LogP contribution in [0, 0.1) is 5.41 Å². The molecule has 0 amide bonds. The van der Waals surface area contributed by atoms with Gasteiger partial charge in [-0.15, -0.1) is 11.3 Å². The molecule has 0 spiro atoms. The smallest absolute Gasteiger partial charge is 0.0934 e. The lowest BCUT2D eigenvalue weighted by molar-refractivity contribution is 0.0846. The Bertz CT molecular complexity index is 356. The number of hydrogen-bond acceptors (Lipinski definition) is 4. The fourth-order valence-electron chi connectivity index (χ4n) is 2.07. The molecule has 1 aromatic heterocycles. The van der Waals surface area contributed by atoms with E-state index in [2.05, 4.69) is 19.2 Å². The number of hydrogen-bond donors (Lipinski definition) is 1. The number of aromatic nitrogens is 1. The van der Waals surface area contributed by atoms with E-state index in [1.807, 2.05) is 0 Å². The van der Waals surface area contributed by atoms with Crippen molar-refractivity contribution >= 4 is 11.3 Å². The molecule has 0 unspecified atom stereocenters. The van der Waals surface area contributed by atoms with Gasteiger partial charge in [0.15, 0.2) is 0 Å². The summed E-state index contributed by atoms with van der Waals surface area (Å²) in [6.45, 7) is 6.86. The molecule has 4 heteroatoms. The molecule has 1 aromatic rings. The highest BCUT2D eigenvalue weighted by Crippen LogP contribution is 2.30. The Kier molecular flexibility index (Phi) is 4.17. The van der Waals surface area contributed by atoms with Crippen LogP contribution in [0.25, 0.3) is 0 Å². The minimum Gasteiger partial charge on any atom is -0.381 e. The topological polar surface area (TPSA) is 48.1 Å². The Hall–Kier alpha value is -0.450. The van der Waals surface area contributed by atoms with E-state index in [9.17, 15) is 0 Å². The zero-order valence-corrected chi connectivity index (χ0v) is 11.6. The molecule has 3 nitrogen and oxygen atoms in total. The first-order valence-electron chi connectivity index (χ1n) is 6.33. The highest BCUT2D eigenvalue weighted by molar-refractivity contribution is 7.09. The molecule has 2 N–H and O–H groups in total. The van der Waals surface area contributed by atoms with Gasteiger partial charge in [0.25, 0.3) is 0 Å². The molecule has 1 aliphatic heterocycles. The molecule has 2 rings (SSSR count). The van der Waals surface area contributed by atoms with Crippen LogP contribution in [-0.4, -0.2) is 24.7 Å². The summed E-state index contributed by atoms with van der Waals surface area (Å²) in [6, 6.07) is 0. The Balaban J connectivity index is 2.00. The third kappa shape index (κ3) is 3.50. The minimum absolute atomic E-state index is 0.158. The minimum atomic E-state index is 0.158. The molecule has 0 aromatic carbocycles. The molecule has 0 atom stereocenters. The molecule has 1 fully saturated rings. The summed E-state index contributed by atoms with van der Waals surface area (Å²) in [4.78, 5) is 4.77. The number of ether oxygens (including phenoxy) is 1. The Labute approximate surface area is 107 Å². The SMILES string of the molecule is CC(C)(CN)Cc1nc(C2CCOCC2)cs1. The average molecular weight is 254 g/mol. The molecule has 0 aliphatic carbocycles. The molecule has 17 heavy (non-hydrogen) atoms. The van der Waals surface area contributed by atoms with Crippen molar-refractivity contribution in [2.45, 2.75) is 39.0 Å². The first kappa shape index (κ1) is 13.0. The Morgan fingerprint density at radius 2 is 2.18 bits per heavy atom. The van der Waals surface area contributed by atoms with Gasteiger partial charge in [-0.3, -0.25) is 0 Å². The van der Waals surface area contributed by atoms with Crippen molar-refractivity contribution < 1.29 is 4.74 Å². The van der Waals surface area contributed by atoms with Gasteiger partial charge in [0.05, 0.1) is 10.7 Å². The van der Waals surface area contributed by atoms with Crippen LogP contribution in [0.15, 0.2) is 5.38 Å². The van der Waals surface area contributed by atoms with Crippen molar-refractivity contribution in [2.24, 2.45) is 11.1 Å². The molecule has 1 saturated heterocycles. The van der Waals surface area contributed by atoms with E-state index in [0.717, 1.165) is 32.5 Å². The Morgan fingerprint density at radius 3 is 2.82 bits per heavy atom. The normalized spacial score (nSPS) is 18.5. The summed E-state index contributed by atoms with van der Waals surface area (Å²) in [6.07, 6.45) is 3.21. The van der Waals surface area contributed by atoms with E-state index in [-0.39, 0.29) is 5.41 Å². The molecule has 0 saturated carbocycles. The third-order valence-electron chi connectivity index (χ3n) is 3.39. The zero-order valence-electron chi connectivity index (χ0n) is 10.7. The molecule has 1 aliphatic rings. The lowest BCUT2D eigenvalue weighted by atomic mass is 9.90. The molecule has 0 radical (unpaired) electrons. The van der Waals surface area contributed by atoms with Gasteiger partial charge < -0.3 is 10.5 Å². The summed E-state index contributed by atoms with van der Waals surface area (Å²) in [5.74, 6) is 0.606. The maximum atomic E-state index is 5.76. The van der Waals surface area contributed by atoms with E-state index in [1.165, 1.54) is 10.7 Å². The number of rotatable bonds is 4. The average Bonchev–Trinajstić information content (AvgIpc) is 2.78. The fraction of sp³-hybridized carbons (Fsp3) is 0.769. The molecule has 96 valence electrons. The lowest BCUT2D eigenvalue weighted by Gasteiger charge is -2.21. The van der Waals surface area contributed by atoms with Crippen LogP contribution in [0.2, 0.25) is 0 Å². The molecular formula is C13H22N2OS.